The first-order valence-corrected chi connectivity index (χ1v) is 4.54. The van der Waals surface area contributed by atoms with Gasteiger partial charge >= 0.3 is 0 Å². The van der Waals surface area contributed by atoms with E-state index in [0.29, 0.717) is 0 Å². The quantitative estimate of drug-likeness (QED) is 0.394. The molecule has 0 aromatic rings. The van der Waals surface area contributed by atoms with Crippen LogP contribution in [-0.2, 0) is 0 Å². The van der Waals surface area contributed by atoms with Crippen molar-refractivity contribution in [1.29, 1.82) is 0 Å². The highest BCUT2D eigenvalue weighted by atomic mass is 28.1. The van der Waals surface area contributed by atoms with Crippen molar-refractivity contribution in [2.75, 3.05) is 12.7 Å². The summed E-state index contributed by atoms with van der Waals surface area (Å²) in [6.07, 6.45) is 3.90. The van der Waals surface area contributed by atoms with Crippen LogP contribution in [0, 0.1) is 0 Å². The van der Waals surface area contributed by atoms with E-state index in [2.05, 4.69) is 12.2 Å². The van der Waals surface area contributed by atoms with E-state index in [0.717, 1.165) is 0 Å². The van der Waals surface area contributed by atoms with Crippen LogP contribution >= 0.6 is 0 Å². The number of unbranched alkanes of at least 4 members (excludes halogenated alkanes) is 1. The summed E-state index contributed by atoms with van der Waals surface area (Å²) in [6, 6.07) is 0. The third-order valence-corrected chi connectivity index (χ3v) is 1.46. The first-order valence-electron chi connectivity index (χ1n) is 3.12. The Morgan fingerprint density at radius 1 is 1.57 bits per heavy atom. The Labute approximate surface area is 48.9 Å². The molecular formula is C5H15NSi. The molecule has 0 fully saturated rings. The lowest BCUT2D eigenvalue weighted by Crippen LogP contribution is -2.15. The molecule has 0 unspecified atom stereocenters. The summed E-state index contributed by atoms with van der Waals surface area (Å²) in [4.78, 5) is 0. The molecule has 0 aliphatic heterocycles. The van der Waals surface area contributed by atoms with E-state index in [9.17, 15) is 0 Å². The van der Waals surface area contributed by atoms with Crippen molar-refractivity contribution in [2.45, 2.75) is 19.8 Å². The van der Waals surface area contributed by atoms with Crippen LogP contribution in [0.25, 0.3) is 0 Å². The highest BCUT2D eigenvalue weighted by Crippen LogP contribution is 1.79. The first kappa shape index (κ1) is 7.18. The lowest BCUT2D eigenvalue weighted by molar-refractivity contribution is 0.697. The van der Waals surface area contributed by atoms with Crippen molar-refractivity contribution < 1.29 is 0 Å². The molecule has 0 rings (SSSR count). The molecule has 0 bridgehead atoms. The highest BCUT2D eigenvalue weighted by Gasteiger charge is 1.77. The molecule has 0 saturated heterocycles. The number of nitrogens with one attached hydrogen (secondary N) is 1. The van der Waals surface area contributed by atoms with E-state index in [1.807, 2.05) is 0 Å². The third kappa shape index (κ3) is 6.18. The van der Waals surface area contributed by atoms with Gasteiger partial charge in [-0.2, -0.15) is 0 Å². The summed E-state index contributed by atoms with van der Waals surface area (Å²) in [5, 5.41) is 3.31. The van der Waals surface area contributed by atoms with Crippen molar-refractivity contribution in [3.63, 3.8) is 0 Å². The lowest BCUT2D eigenvalue weighted by atomic mass is 10.3. The summed E-state index contributed by atoms with van der Waals surface area (Å²) >= 11 is 0. The van der Waals surface area contributed by atoms with Gasteiger partial charge in [0.25, 0.3) is 0 Å². The van der Waals surface area contributed by atoms with Gasteiger partial charge in [0.1, 0.15) is 0 Å². The second kappa shape index (κ2) is 6.18. The molecule has 1 N–H and O–H groups in total. The molecule has 0 amide bonds. The molecule has 1 nitrogen and oxygen atoms in total. The van der Waals surface area contributed by atoms with Gasteiger partial charge in [0.2, 0.25) is 0 Å². The molecule has 0 saturated carbocycles. The Kier molecular flexibility index (Phi) is 6.33. The molecule has 0 atom stereocenters. The Morgan fingerprint density at radius 2 is 2.29 bits per heavy atom. The molecule has 0 spiro atoms. The SMILES string of the molecule is CCCCNC[SiH3]. The monoisotopic (exact) mass is 117 g/mol. The number of hydrogen-bond donors (Lipinski definition) is 1. The number of hydrogen-bond acceptors (Lipinski definition) is 1. The minimum absolute atomic E-state index is 1.22. The summed E-state index contributed by atoms with van der Waals surface area (Å²) in [5.41, 5.74) is 0. The zero-order valence-corrected chi connectivity index (χ0v) is 7.33. The normalized spacial score (nSPS) is 9.86. The van der Waals surface area contributed by atoms with E-state index in [1.165, 1.54) is 35.8 Å². The predicted octanol–water partition coefficient (Wildman–Crippen LogP) is -0.301. The summed E-state index contributed by atoms with van der Waals surface area (Å²) in [5.74, 6) is 0. The second-order valence-electron chi connectivity index (χ2n) is 1.71. The fraction of sp³-hybridized carbons (Fsp3) is 1.00. The molecule has 0 aromatic carbocycles. The van der Waals surface area contributed by atoms with E-state index in [4.69, 9.17) is 0 Å². The van der Waals surface area contributed by atoms with E-state index < -0.39 is 0 Å². The minimum Gasteiger partial charge on any atom is -0.320 e. The van der Waals surface area contributed by atoms with E-state index >= 15 is 0 Å². The molecular weight excluding hydrogens is 102 g/mol. The zero-order chi connectivity index (χ0) is 5.54. The molecule has 0 aliphatic carbocycles. The number of rotatable bonds is 4. The van der Waals surface area contributed by atoms with Gasteiger partial charge in [0.05, 0.1) is 0 Å². The Bertz CT molecular complexity index is 27.3. The molecule has 0 heterocycles. The van der Waals surface area contributed by atoms with Crippen LogP contribution in [0.15, 0.2) is 0 Å². The van der Waals surface area contributed by atoms with Gasteiger partial charge in [-0.05, 0) is 19.1 Å². The van der Waals surface area contributed by atoms with Crippen LogP contribution in [0.3, 0.4) is 0 Å². The van der Waals surface area contributed by atoms with Crippen molar-refractivity contribution in [3.8, 4) is 0 Å². The maximum Gasteiger partial charge on any atom is 0.0201 e. The van der Waals surface area contributed by atoms with Gasteiger partial charge in [-0.1, -0.05) is 13.3 Å². The highest BCUT2D eigenvalue weighted by molar-refractivity contribution is 6.08. The van der Waals surface area contributed by atoms with Crippen LogP contribution in [0.1, 0.15) is 19.8 Å². The maximum absolute atomic E-state index is 3.31. The minimum atomic E-state index is 1.22. The molecule has 0 aliphatic rings. The average molecular weight is 117 g/mol. The Hall–Kier alpha value is 0.177. The van der Waals surface area contributed by atoms with Gasteiger partial charge in [-0.3, -0.25) is 0 Å². The smallest absolute Gasteiger partial charge is 0.0201 e. The molecule has 0 radical (unpaired) electrons. The molecule has 2 heteroatoms. The fourth-order valence-corrected chi connectivity index (χ4v) is 0.832. The van der Waals surface area contributed by atoms with Crippen molar-refractivity contribution in [1.82, 2.24) is 5.32 Å². The Morgan fingerprint density at radius 3 is 2.71 bits per heavy atom. The second-order valence-corrected chi connectivity index (χ2v) is 2.41. The molecule has 44 valence electrons. The van der Waals surface area contributed by atoms with Crippen LogP contribution in [0.2, 0.25) is 0 Å². The third-order valence-electron chi connectivity index (χ3n) is 0.957. The van der Waals surface area contributed by atoms with Gasteiger partial charge < -0.3 is 5.32 Å². The van der Waals surface area contributed by atoms with Crippen LogP contribution < -0.4 is 5.32 Å². The summed E-state index contributed by atoms with van der Waals surface area (Å²) < 4.78 is 0. The molecule has 7 heavy (non-hydrogen) atoms. The fourth-order valence-electron chi connectivity index (χ4n) is 0.479. The van der Waals surface area contributed by atoms with Crippen LogP contribution in [-0.4, -0.2) is 23.0 Å². The average Bonchev–Trinajstić information content (AvgIpc) is 1.69. The summed E-state index contributed by atoms with van der Waals surface area (Å²) in [6.45, 7) is 3.44. The van der Waals surface area contributed by atoms with Crippen LogP contribution in [0.4, 0.5) is 0 Å². The molecule has 0 aromatic heterocycles. The van der Waals surface area contributed by atoms with Gasteiger partial charge in [0, 0.05) is 10.2 Å². The first-order chi connectivity index (χ1) is 3.41. The largest absolute Gasteiger partial charge is 0.320 e. The van der Waals surface area contributed by atoms with Crippen LogP contribution in [0.5, 0.6) is 0 Å². The zero-order valence-electron chi connectivity index (χ0n) is 5.33. The standard InChI is InChI=1S/C5H15NSi/c1-2-3-4-6-5-7/h6H,2-5H2,1,7H3. The summed E-state index contributed by atoms with van der Waals surface area (Å²) in [7, 11) is 1.29. The Balaban J connectivity index is 2.45. The van der Waals surface area contributed by atoms with Crippen molar-refractivity contribution in [2.24, 2.45) is 0 Å². The topological polar surface area (TPSA) is 12.0 Å². The predicted molar refractivity (Wildman–Crippen MR) is 37.7 cm³/mol. The van der Waals surface area contributed by atoms with E-state index in [-0.39, 0.29) is 0 Å². The van der Waals surface area contributed by atoms with Gasteiger partial charge in [-0.25, -0.2) is 0 Å². The lowest BCUT2D eigenvalue weighted by Gasteiger charge is -1.95. The van der Waals surface area contributed by atoms with E-state index in [1.54, 1.807) is 0 Å². The maximum atomic E-state index is 3.31. The van der Waals surface area contributed by atoms with Crippen molar-refractivity contribution in [3.05, 3.63) is 0 Å². The van der Waals surface area contributed by atoms with Gasteiger partial charge in [0.15, 0.2) is 0 Å². The van der Waals surface area contributed by atoms with Gasteiger partial charge in [-0.15, -0.1) is 0 Å². The van der Waals surface area contributed by atoms with Crippen molar-refractivity contribution >= 4 is 10.2 Å².